The molecule has 0 bridgehead atoms. The van der Waals surface area contributed by atoms with Crippen molar-refractivity contribution in [3.05, 3.63) is 29.3 Å². The second-order valence-corrected chi connectivity index (χ2v) is 4.39. The first-order valence-corrected chi connectivity index (χ1v) is 5.04. The van der Waals surface area contributed by atoms with Crippen LogP contribution in [0, 0.1) is 11.6 Å². The maximum Gasteiger partial charge on any atom is 0.304 e. The van der Waals surface area contributed by atoms with Crippen LogP contribution in [-0.4, -0.2) is 18.2 Å². The van der Waals surface area contributed by atoms with Crippen molar-refractivity contribution in [2.24, 2.45) is 0 Å². The van der Waals surface area contributed by atoms with Crippen LogP contribution in [-0.2, 0) is 10.2 Å². The summed E-state index contributed by atoms with van der Waals surface area (Å²) in [5.74, 6) is -2.70. The molecule has 1 rings (SSSR count). The van der Waals surface area contributed by atoms with Crippen molar-refractivity contribution < 1.29 is 23.4 Å². The minimum atomic E-state index is -1.08. The van der Waals surface area contributed by atoms with E-state index in [0.29, 0.717) is 0 Å². The maximum absolute atomic E-state index is 13.7. The molecule has 0 aliphatic carbocycles. The van der Waals surface area contributed by atoms with Gasteiger partial charge in [0.25, 0.3) is 0 Å². The lowest BCUT2D eigenvalue weighted by Crippen LogP contribution is -2.24. The maximum atomic E-state index is 13.7. The molecule has 1 N–H and O–H groups in total. The summed E-state index contributed by atoms with van der Waals surface area (Å²) in [6.07, 6.45) is -0.316. The molecule has 17 heavy (non-hydrogen) atoms. The number of rotatable bonds is 4. The zero-order valence-electron chi connectivity index (χ0n) is 9.88. The van der Waals surface area contributed by atoms with Crippen LogP contribution in [0.3, 0.4) is 0 Å². The number of hydrogen-bond acceptors (Lipinski definition) is 2. The highest BCUT2D eigenvalue weighted by Crippen LogP contribution is 2.37. The number of aliphatic carboxylic acids is 1. The van der Waals surface area contributed by atoms with Crippen LogP contribution < -0.4 is 4.74 Å². The zero-order valence-corrected chi connectivity index (χ0v) is 9.88. The van der Waals surface area contributed by atoms with Crippen LogP contribution in [0.5, 0.6) is 5.75 Å². The molecule has 0 heterocycles. The average Bonchev–Trinajstić information content (AvgIpc) is 2.18. The van der Waals surface area contributed by atoms with E-state index in [9.17, 15) is 13.6 Å². The van der Waals surface area contributed by atoms with Gasteiger partial charge in [-0.05, 0) is 12.1 Å². The lowest BCUT2D eigenvalue weighted by molar-refractivity contribution is -0.138. The summed E-state index contributed by atoms with van der Waals surface area (Å²) in [5, 5.41) is 8.78. The first-order valence-electron chi connectivity index (χ1n) is 5.04. The van der Waals surface area contributed by atoms with Gasteiger partial charge in [-0.25, -0.2) is 8.78 Å². The standard InChI is InChI=1S/C12H14F2O3/c1-12(2,6-9(15)16)10-7(13)4-5-8(14)11(10)17-3/h4-5H,6H2,1-3H3,(H,15,16). The molecule has 3 nitrogen and oxygen atoms in total. The van der Waals surface area contributed by atoms with Gasteiger partial charge in [0.05, 0.1) is 13.5 Å². The molecule has 94 valence electrons. The van der Waals surface area contributed by atoms with Crippen molar-refractivity contribution in [2.75, 3.05) is 7.11 Å². The van der Waals surface area contributed by atoms with Gasteiger partial charge in [0.2, 0.25) is 0 Å². The molecule has 1 aromatic carbocycles. The van der Waals surface area contributed by atoms with E-state index < -0.39 is 23.0 Å². The van der Waals surface area contributed by atoms with Crippen molar-refractivity contribution >= 4 is 5.97 Å². The highest BCUT2D eigenvalue weighted by molar-refractivity contribution is 5.69. The van der Waals surface area contributed by atoms with Crippen molar-refractivity contribution in [2.45, 2.75) is 25.7 Å². The summed E-state index contributed by atoms with van der Waals surface area (Å²) in [6, 6.07) is 1.92. The Kier molecular flexibility index (Phi) is 3.70. The summed E-state index contributed by atoms with van der Waals surface area (Å²) in [7, 11) is 1.22. The fourth-order valence-corrected chi connectivity index (χ4v) is 1.83. The van der Waals surface area contributed by atoms with E-state index >= 15 is 0 Å². The summed E-state index contributed by atoms with van der Waals surface area (Å²) < 4.78 is 32.0. The minimum Gasteiger partial charge on any atom is -0.493 e. The predicted molar refractivity (Wildman–Crippen MR) is 58.2 cm³/mol. The summed E-state index contributed by atoms with van der Waals surface area (Å²) in [5.41, 5.74) is -1.11. The molecule has 0 aromatic heterocycles. The molecule has 0 unspecified atom stereocenters. The molecule has 5 heteroatoms. The van der Waals surface area contributed by atoms with E-state index in [2.05, 4.69) is 0 Å². The molecule has 0 aliphatic rings. The van der Waals surface area contributed by atoms with Crippen LogP contribution in [0.25, 0.3) is 0 Å². The van der Waals surface area contributed by atoms with Crippen LogP contribution in [0.15, 0.2) is 12.1 Å². The van der Waals surface area contributed by atoms with Gasteiger partial charge in [0.1, 0.15) is 5.82 Å². The monoisotopic (exact) mass is 244 g/mol. The number of methoxy groups -OCH3 is 1. The molecule has 0 amide bonds. The molecule has 0 spiro atoms. The molecular weight excluding hydrogens is 230 g/mol. The second kappa shape index (κ2) is 4.69. The molecular formula is C12H14F2O3. The first kappa shape index (κ1) is 13.4. The topological polar surface area (TPSA) is 46.5 Å². The van der Waals surface area contributed by atoms with Gasteiger partial charge in [-0.2, -0.15) is 0 Å². The summed E-state index contributed by atoms with van der Waals surface area (Å²) in [6.45, 7) is 3.06. The number of ether oxygens (including phenoxy) is 1. The van der Waals surface area contributed by atoms with E-state index in [4.69, 9.17) is 9.84 Å². The van der Waals surface area contributed by atoms with Gasteiger partial charge in [-0.3, -0.25) is 4.79 Å². The van der Waals surface area contributed by atoms with Gasteiger partial charge in [0.15, 0.2) is 11.6 Å². The third-order valence-electron chi connectivity index (χ3n) is 2.53. The predicted octanol–water partition coefficient (Wildman–Crippen LogP) is 2.73. The Morgan fingerprint density at radius 2 is 1.88 bits per heavy atom. The summed E-state index contributed by atoms with van der Waals surface area (Å²) >= 11 is 0. The molecule has 0 aliphatic heterocycles. The van der Waals surface area contributed by atoms with Crippen molar-refractivity contribution in [1.82, 2.24) is 0 Å². The first-order chi connectivity index (χ1) is 7.79. The molecule has 0 atom stereocenters. The van der Waals surface area contributed by atoms with E-state index in [-0.39, 0.29) is 17.7 Å². The second-order valence-electron chi connectivity index (χ2n) is 4.39. The number of carboxylic acid groups (broad SMARTS) is 1. The molecule has 0 radical (unpaired) electrons. The number of hydrogen-bond donors (Lipinski definition) is 1. The Morgan fingerprint density at radius 3 is 2.35 bits per heavy atom. The summed E-state index contributed by atoms with van der Waals surface area (Å²) in [4.78, 5) is 10.7. The minimum absolute atomic E-state index is 0.0533. The Bertz CT molecular complexity index is 442. The van der Waals surface area contributed by atoms with Crippen molar-refractivity contribution in [3.63, 3.8) is 0 Å². The highest BCUT2D eigenvalue weighted by atomic mass is 19.1. The Hall–Kier alpha value is -1.65. The van der Waals surface area contributed by atoms with Gasteiger partial charge in [0, 0.05) is 11.0 Å². The Labute approximate surface area is 98.0 Å². The van der Waals surface area contributed by atoms with E-state index in [1.54, 1.807) is 0 Å². The highest BCUT2D eigenvalue weighted by Gasteiger charge is 2.32. The van der Waals surface area contributed by atoms with E-state index in [1.165, 1.54) is 21.0 Å². The van der Waals surface area contributed by atoms with Crippen LogP contribution in [0.2, 0.25) is 0 Å². The third-order valence-corrected chi connectivity index (χ3v) is 2.53. The van der Waals surface area contributed by atoms with Crippen LogP contribution in [0.4, 0.5) is 8.78 Å². The average molecular weight is 244 g/mol. The smallest absolute Gasteiger partial charge is 0.304 e. The largest absolute Gasteiger partial charge is 0.493 e. The normalized spacial score (nSPS) is 11.4. The quantitative estimate of drug-likeness (QED) is 0.885. The zero-order chi connectivity index (χ0) is 13.2. The molecule has 0 saturated heterocycles. The SMILES string of the molecule is COc1c(F)ccc(F)c1C(C)(C)CC(=O)O. The lowest BCUT2D eigenvalue weighted by atomic mass is 9.80. The van der Waals surface area contributed by atoms with E-state index in [0.717, 1.165) is 12.1 Å². The third kappa shape index (κ3) is 2.72. The molecule has 0 saturated carbocycles. The fourth-order valence-electron chi connectivity index (χ4n) is 1.83. The van der Waals surface area contributed by atoms with Gasteiger partial charge >= 0.3 is 5.97 Å². The van der Waals surface area contributed by atoms with Crippen molar-refractivity contribution in [1.29, 1.82) is 0 Å². The van der Waals surface area contributed by atoms with Crippen LogP contribution >= 0.6 is 0 Å². The fraction of sp³-hybridized carbons (Fsp3) is 0.417. The van der Waals surface area contributed by atoms with Crippen molar-refractivity contribution in [3.8, 4) is 5.75 Å². The number of carboxylic acids is 1. The number of carbonyl (C=O) groups is 1. The Balaban J connectivity index is 3.38. The van der Waals surface area contributed by atoms with E-state index in [1.807, 2.05) is 0 Å². The Morgan fingerprint density at radius 1 is 1.35 bits per heavy atom. The lowest BCUT2D eigenvalue weighted by Gasteiger charge is -2.25. The van der Waals surface area contributed by atoms with Gasteiger partial charge < -0.3 is 9.84 Å². The van der Waals surface area contributed by atoms with Gasteiger partial charge in [-0.15, -0.1) is 0 Å². The number of halogens is 2. The van der Waals surface area contributed by atoms with Crippen LogP contribution in [0.1, 0.15) is 25.8 Å². The number of benzene rings is 1. The molecule has 1 aromatic rings. The van der Waals surface area contributed by atoms with Gasteiger partial charge in [-0.1, -0.05) is 13.8 Å². The molecule has 0 fully saturated rings.